The Balaban J connectivity index is 0.00000261. The molecule has 7 nitrogen and oxygen atoms in total. The van der Waals surface area contributed by atoms with Gasteiger partial charge in [0.25, 0.3) is 5.91 Å². The fourth-order valence-electron chi connectivity index (χ4n) is 2.67. The second kappa shape index (κ2) is 7.98. The molecule has 1 atom stereocenters. The Labute approximate surface area is 167 Å². The minimum absolute atomic E-state index is 0. The average Bonchev–Trinajstić information content (AvgIpc) is 3.13. The van der Waals surface area contributed by atoms with Gasteiger partial charge in [-0.3, -0.25) is 14.3 Å². The predicted molar refractivity (Wildman–Crippen MR) is 112 cm³/mol. The zero-order chi connectivity index (χ0) is 19.0. The summed E-state index contributed by atoms with van der Waals surface area (Å²) in [4.78, 5) is 26.4. The lowest BCUT2D eigenvalue weighted by molar-refractivity contribution is -0.117. The van der Waals surface area contributed by atoms with Gasteiger partial charge in [-0.15, -0.1) is 23.7 Å². The van der Waals surface area contributed by atoms with E-state index in [9.17, 15) is 9.59 Å². The number of nitrogen functional groups attached to an aromatic ring is 1. The summed E-state index contributed by atoms with van der Waals surface area (Å²) < 4.78 is 1.75. The van der Waals surface area contributed by atoms with Crippen LogP contribution < -0.4 is 16.4 Å². The minimum Gasteiger partial charge on any atom is -0.399 e. The highest BCUT2D eigenvalue weighted by Gasteiger charge is 2.20. The van der Waals surface area contributed by atoms with Crippen LogP contribution in [0.5, 0.6) is 0 Å². The maximum Gasteiger partial charge on any atom is 0.262 e. The zero-order valence-corrected chi connectivity index (χ0v) is 17.1. The van der Waals surface area contributed by atoms with Crippen molar-refractivity contribution < 1.29 is 9.59 Å². The summed E-state index contributed by atoms with van der Waals surface area (Å²) in [7, 11) is 1.84. The largest absolute Gasteiger partial charge is 0.399 e. The quantitative estimate of drug-likeness (QED) is 0.578. The molecule has 0 radical (unpaired) electrons. The summed E-state index contributed by atoms with van der Waals surface area (Å²) in [6.07, 6.45) is 0. The van der Waals surface area contributed by atoms with Gasteiger partial charge in [0.05, 0.1) is 10.6 Å². The number of aromatic nitrogens is 2. The smallest absolute Gasteiger partial charge is 0.262 e. The molecule has 0 bridgehead atoms. The van der Waals surface area contributed by atoms with Gasteiger partial charge in [-0.1, -0.05) is 6.07 Å². The summed E-state index contributed by atoms with van der Waals surface area (Å²) in [6.45, 7) is 5.43. The van der Waals surface area contributed by atoms with E-state index in [4.69, 9.17) is 5.73 Å². The van der Waals surface area contributed by atoms with Crippen LogP contribution in [0.1, 0.15) is 27.9 Å². The fourth-order valence-corrected chi connectivity index (χ4v) is 3.69. The van der Waals surface area contributed by atoms with Gasteiger partial charge >= 0.3 is 0 Å². The molecular formula is C18H22ClN5O2S. The third-order valence-electron chi connectivity index (χ3n) is 4.18. The zero-order valence-electron chi connectivity index (χ0n) is 15.5. The molecule has 9 heteroatoms. The van der Waals surface area contributed by atoms with E-state index in [2.05, 4.69) is 15.7 Å². The van der Waals surface area contributed by atoms with E-state index in [0.717, 1.165) is 21.5 Å². The summed E-state index contributed by atoms with van der Waals surface area (Å²) in [5.74, 6) is -0.580. The monoisotopic (exact) mass is 407 g/mol. The number of carbonyl (C=O) groups excluding carboxylic acids is 2. The predicted octanol–water partition coefficient (Wildman–Crippen LogP) is 3.01. The Morgan fingerprint density at radius 1 is 1.26 bits per heavy atom. The van der Waals surface area contributed by atoms with E-state index < -0.39 is 6.04 Å². The van der Waals surface area contributed by atoms with E-state index in [-0.39, 0.29) is 24.2 Å². The first-order valence-electron chi connectivity index (χ1n) is 8.17. The number of nitrogens with one attached hydrogen (secondary N) is 2. The molecule has 4 N–H and O–H groups in total. The molecule has 0 aliphatic heterocycles. The summed E-state index contributed by atoms with van der Waals surface area (Å²) in [5, 5.41) is 10.8. The molecule has 0 spiro atoms. The summed E-state index contributed by atoms with van der Waals surface area (Å²) >= 11 is 1.36. The van der Waals surface area contributed by atoms with Crippen molar-refractivity contribution >= 4 is 57.1 Å². The summed E-state index contributed by atoms with van der Waals surface area (Å²) in [5.41, 5.74) is 8.74. The number of thiophene rings is 1. The highest BCUT2D eigenvalue weighted by molar-refractivity contribution is 7.20. The van der Waals surface area contributed by atoms with E-state index in [1.807, 2.05) is 33.0 Å². The number of benzene rings is 1. The normalized spacial score (nSPS) is 11.7. The third kappa shape index (κ3) is 4.23. The molecule has 0 aliphatic rings. The molecule has 3 aromatic rings. The van der Waals surface area contributed by atoms with Gasteiger partial charge in [-0.05, 0) is 44.5 Å². The van der Waals surface area contributed by atoms with Crippen LogP contribution in [-0.4, -0.2) is 27.6 Å². The van der Waals surface area contributed by atoms with Crippen molar-refractivity contribution in [3.63, 3.8) is 0 Å². The third-order valence-corrected chi connectivity index (χ3v) is 5.38. The van der Waals surface area contributed by atoms with Crippen LogP contribution in [-0.2, 0) is 11.8 Å². The van der Waals surface area contributed by atoms with Gasteiger partial charge < -0.3 is 16.4 Å². The number of nitrogens with two attached hydrogens (primary N) is 1. The Bertz CT molecular complexity index is 976. The van der Waals surface area contributed by atoms with Crippen LogP contribution in [0.2, 0.25) is 0 Å². The van der Waals surface area contributed by atoms with E-state index in [1.165, 1.54) is 11.3 Å². The van der Waals surface area contributed by atoms with Crippen LogP contribution in [0.25, 0.3) is 10.2 Å². The number of hydrogen-bond donors (Lipinski definition) is 3. The lowest BCUT2D eigenvalue weighted by atomic mass is 10.1. The van der Waals surface area contributed by atoms with Crippen molar-refractivity contribution in [2.45, 2.75) is 26.8 Å². The van der Waals surface area contributed by atoms with Gasteiger partial charge in [-0.2, -0.15) is 5.10 Å². The van der Waals surface area contributed by atoms with Crippen molar-refractivity contribution in [2.24, 2.45) is 7.05 Å². The lowest BCUT2D eigenvalue weighted by Crippen LogP contribution is -2.41. The summed E-state index contributed by atoms with van der Waals surface area (Å²) in [6, 6.07) is 6.43. The SMILES string of the molecule is Cc1ccc(N)cc1NC(=O)C(C)NC(=O)c1cc2c(C)nn(C)c2s1.Cl. The maximum atomic E-state index is 12.5. The van der Waals surface area contributed by atoms with Crippen molar-refractivity contribution in [3.05, 3.63) is 40.4 Å². The second-order valence-corrected chi connectivity index (χ2v) is 7.33. The number of amides is 2. The van der Waals surface area contributed by atoms with Crippen molar-refractivity contribution in [3.8, 4) is 0 Å². The van der Waals surface area contributed by atoms with Crippen LogP contribution in [0.15, 0.2) is 24.3 Å². The van der Waals surface area contributed by atoms with Gasteiger partial charge in [0, 0.05) is 23.8 Å². The Morgan fingerprint density at radius 3 is 2.63 bits per heavy atom. The molecular weight excluding hydrogens is 386 g/mol. The van der Waals surface area contributed by atoms with Gasteiger partial charge in [-0.25, -0.2) is 0 Å². The first-order chi connectivity index (χ1) is 12.3. The first kappa shape index (κ1) is 20.7. The van der Waals surface area contributed by atoms with Crippen molar-refractivity contribution in [1.29, 1.82) is 0 Å². The number of hydrogen-bond acceptors (Lipinski definition) is 5. The highest BCUT2D eigenvalue weighted by Crippen LogP contribution is 2.27. The minimum atomic E-state index is -0.687. The van der Waals surface area contributed by atoms with Gasteiger partial charge in [0.15, 0.2) is 0 Å². The fraction of sp³-hybridized carbons (Fsp3) is 0.278. The standard InChI is InChI=1S/C18H21N5O2S.ClH/c1-9-5-6-12(19)7-14(9)21-16(24)11(3)20-17(25)15-8-13-10(2)22-23(4)18(13)26-15;/h5-8,11H,19H2,1-4H3,(H,20,25)(H,21,24);1H. The first-order valence-corrected chi connectivity index (χ1v) is 8.99. The Morgan fingerprint density at radius 2 is 1.96 bits per heavy atom. The number of nitrogens with zero attached hydrogens (tertiary/aromatic N) is 2. The number of anilines is 2. The number of aryl methyl sites for hydroxylation is 3. The van der Waals surface area contributed by atoms with E-state index in [1.54, 1.807) is 23.7 Å². The van der Waals surface area contributed by atoms with E-state index in [0.29, 0.717) is 16.3 Å². The molecule has 2 aromatic heterocycles. The topological polar surface area (TPSA) is 102 Å². The number of fused-ring (bicyclic) bond motifs is 1. The number of halogens is 1. The number of carbonyl (C=O) groups is 2. The number of rotatable bonds is 4. The highest BCUT2D eigenvalue weighted by atomic mass is 35.5. The van der Waals surface area contributed by atoms with Gasteiger partial charge in [0.2, 0.25) is 5.91 Å². The molecule has 0 saturated heterocycles. The van der Waals surface area contributed by atoms with Crippen LogP contribution in [0.4, 0.5) is 11.4 Å². The molecule has 27 heavy (non-hydrogen) atoms. The molecule has 2 heterocycles. The van der Waals surface area contributed by atoms with E-state index >= 15 is 0 Å². The lowest BCUT2D eigenvalue weighted by Gasteiger charge is -2.15. The Hall–Kier alpha value is -2.58. The molecule has 0 fully saturated rings. The maximum absolute atomic E-state index is 12.5. The molecule has 1 unspecified atom stereocenters. The molecule has 1 aromatic carbocycles. The van der Waals surface area contributed by atoms with Gasteiger partial charge in [0.1, 0.15) is 10.9 Å². The molecule has 2 amide bonds. The molecule has 0 aliphatic carbocycles. The second-order valence-electron chi connectivity index (χ2n) is 6.30. The van der Waals surface area contributed by atoms with Crippen LogP contribution in [0.3, 0.4) is 0 Å². The molecule has 144 valence electrons. The van der Waals surface area contributed by atoms with Crippen molar-refractivity contribution in [1.82, 2.24) is 15.1 Å². The Kier molecular flexibility index (Phi) is 6.12. The van der Waals surface area contributed by atoms with Crippen molar-refractivity contribution in [2.75, 3.05) is 11.1 Å². The molecule has 0 saturated carbocycles. The van der Waals surface area contributed by atoms with Crippen LogP contribution >= 0.6 is 23.7 Å². The molecule has 3 rings (SSSR count). The average molecular weight is 408 g/mol. The van der Waals surface area contributed by atoms with Crippen LogP contribution in [0, 0.1) is 13.8 Å².